The maximum Gasteiger partial charge on any atom is 0.167 e. The van der Waals surface area contributed by atoms with Crippen molar-refractivity contribution in [2.45, 2.75) is 45.7 Å². The molecule has 0 spiro atoms. The van der Waals surface area contributed by atoms with Crippen LogP contribution in [0.5, 0.6) is 0 Å². The number of benzene rings is 1. The van der Waals surface area contributed by atoms with Crippen LogP contribution in [0.2, 0.25) is 0 Å². The van der Waals surface area contributed by atoms with Crippen LogP contribution in [0.4, 0.5) is 0 Å². The maximum atomic E-state index is 12.9. The predicted molar refractivity (Wildman–Crippen MR) is 121 cm³/mol. The van der Waals surface area contributed by atoms with Crippen LogP contribution in [0.25, 0.3) is 5.57 Å². The molecule has 160 valence electrons. The third-order valence-electron chi connectivity index (χ3n) is 6.18. The number of nitrogens with zero attached hydrogens (tertiary/aromatic N) is 2. The lowest BCUT2D eigenvalue weighted by molar-refractivity contribution is -0.112. The number of carbonyl (C=O) groups is 1. The minimum absolute atomic E-state index is 0.0369. The number of allylic oxidation sites excluding steroid dienone is 3. The number of rotatable bonds is 5. The average molecular weight is 428 g/mol. The van der Waals surface area contributed by atoms with E-state index in [-0.39, 0.29) is 11.5 Å². The number of hydrogen-bond acceptors (Lipinski definition) is 5. The SMILES string of the molecule is CC1=C(CS(=O)O)N=C(/C=C2\C(=O)Cc3cccc(CN4CCCNCC4C)c32)C1. The highest BCUT2D eigenvalue weighted by molar-refractivity contribution is 7.79. The molecule has 7 heteroatoms. The monoisotopic (exact) mass is 427 g/mol. The van der Waals surface area contributed by atoms with Crippen molar-refractivity contribution in [3.8, 4) is 0 Å². The van der Waals surface area contributed by atoms with Crippen molar-refractivity contribution in [3.63, 3.8) is 0 Å². The normalized spacial score (nSPS) is 24.9. The van der Waals surface area contributed by atoms with E-state index < -0.39 is 11.1 Å². The van der Waals surface area contributed by atoms with Gasteiger partial charge in [-0.1, -0.05) is 18.2 Å². The summed E-state index contributed by atoms with van der Waals surface area (Å²) in [7, 11) is 0. The summed E-state index contributed by atoms with van der Waals surface area (Å²) in [5.74, 6) is 0.164. The van der Waals surface area contributed by atoms with Crippen molar-refractivity contribution >= 4 is 28.1 Å². The summed E-state index contributed by atoms with van der Waals surface area (Å²) >= 11 is -1.91. The lowest BCUT2D eigenvalue weighted by atomic mass is 9.97. The molecule has 2 heterocycles. The first kappa shape index (κ1) is 21.3. The highest BCUT2D eigenvalue weighted by atomic mass is 32.2. The number of Topliss-reactive ketones (excluding diaryl/α,β-unsaturated/α-hetero) is 1. The van der Waals surface area contributed by atoms with E-state index in [1.807, 2.05) is 19.1 Å². The molecule has 1 saturated heterocycles. The van der Waals surface area contributed by atoms with Crippen LogP contribution in [0.15, 0.2) is 40.5 Å². The quantitative estimate of drug-likeness (QED) is 0.558. The number of hydrogen-bond donors (Lipinski definition) is 2. The molecule has 0 radical (unpaired) electrons. The molecule has 4 rings (SSSR count). The van der Waals surface area contributed by atoms with Crippen LogP contribution >= 0.6 is 0 Å². The number of ketones is 1. The number of nitrogens with one attached hydrogen (secondary N) is 1. The van der Waals surface area contributed by atoms with Gasteiger partial charge in [-0.2, -0.15) is 0 Å². The Morgan fingerprint density at radius 2 is 2.20 bits per heavy atom. The van der Waals surface area contributed by atoms with Crippen LogP contribution in [0.1, 0.15) is 43.4 Å². The molecule has 6 nitrogen and oxygen atoms in total. The van der Waals surface area contributed by atoms with Crippen molar-refractivity contribution < 1.29 is 13.6 Å². The van der Waals surface area contributed by atoms with Crippen LogP contribution in [0.3, 0.4) is 0 Å². The van der Waals surface area contributed by atoms with E-state index in [0.29, 0.717) is 24.6 Å². The molecular weight excluding hydrogens is 398 g/mol. The van der Waals surface area contributed by atoms with Gasteiger partial charge in [-0.25, -0.2) is 4.21 Å². The van der Waals surface area contributed by atoms with Crippen molar-refractivity contribution in [2.24, 2.45) is 4.99 Å². The zero-order chi connectivity index (χ0) is 21.3. The average Bonchev–Trinajstić information content (AvgIpc) is 3.11. The second-order valence-corrected chi connectivity index (χ2v) is 9.39. The molecule has 2 aliphatic heterocycles. The third-order valence-corrected chi connectivity index (χ3v) is 6.70. The van der Waals surface area contributed by atoms with Gasteiger partial charge in [0.15, 0.2) is 16.9 Å². The molecule has 0 saturated carbocycles. The van der Waals surface area contributed by atoms with Gasteiger partial charge in [0.2, 0.25) is 0 Å². The zero-order valence-electron chi connectivity index (χ0n) is 17.6. The van der Waals surface area contributed by atoms with E-state index in [1.165, 1.54) is 5.56 Å². The van der Waals surface area contributed by atoms with Crippen LogP contribution in [-0.4, -0.2) is 56.6 Å². The summed E-state index contributed by atoms with van der Waals surface area (Å²) in [6.07, 6.45) is 4.08. The van der Waals surface area contributed by atoms with Gasteiger partial charge in [-0.15, -0.1) is 0 Å². The summed E-state index contributed by atoms with van der Waals surface area (Å²) in [6, 6.07) is 6.68. The molecule has 1 aromatic carbocycles. The lowest BCUT2D eigenvalue weighted by Gasteiger charge is -2.27. The molecular formula is C23H29N3O3S. The highest BCUT2D eigenvalue weighted by Gasteiger charge is 2.29. The Labute approximate surface area is 180 Å². The molecule has 2 N–H and O–H groups in total. The standard InChI is InChI=1S/C23H29N3O3S/c1-15-9-19(25-21(15)14-30(28)29)11-20-22(27)10-17-5-3-6-18(23(17)20)13-26-8-4-7-24-12-16(26)2/h3,5-6,11,16,24H,4,7-10,12-14H2,1-2H3,(H,28,29)/b20-11+. The molecule has 30 heavy (non-hydrogen) atoms. The number of carbonyl (C=O) groups excluding carboxylic acids is 1. The van der Waals surface area contributed by atoms with Crippen LogP contribution < -0.4 is 5.32 Å². The van der Waals surface area contributed by atoms with E-state index in [4.69, 9.17) is 0 Å². The first-order chi connectivity index (χ1) is 14.4. The Hall–Kier alpha value is -1.93. The number of fused-ring (bicyclic) bond motifs is 1. The highest BCUT2D eigenvalue weighted by Crippen LogP contribution is 2.34. The van der Waals surface area contributed by atoms with E-state index in [2.05, 4.69) is 34.3 Å². The largest absolute Gasteiger partial charge is 0.315 e. The molecule has 2 unspecified atom stereocenters. The fourth-order valence-electron chi connectivity index (χ4n) is 4.56. The van der Waals surface area contributed by atoms with Gasteiger partial charge in [0, 0.05) is 49.8 Å². The minimum Gasteiger partial charge on any atom is -0.315 e. The maximum absolute atomic E-state index is 12.9. The van der Waals surface area contributed by atoms with Gasteiger partial charge in [0.1, 0.15) is 0 Å². The number of aliphatic imine (C=N–C) groups is 1. The summed E-state index contributed by atoms with van der Waals surface area (Å²) in [5, 5.41) is 3.48. The summed E-state index contributed by atoms with van der Waals surface area (Å²) in [4.78, 5) is 19.9. The molecule has 0 bridgehead atoms. The van der Waals surface area contributed by atoms with Gasteiger partial charge in [-0.05, 0) is 55.2 Å². The van der Waals surface area contributed by atoms with E-state index >= 15 is 0 Å². The Bertz CT molecular complexity index is 980. The Kier molecular flexibility index (Phi) is 6.43. The van der Waals surface area contributed by atoms with Gasteiger partial charge in [0.25, 0.3) is 0 Å². The molecule has 0 amide bonds. The molecule has 0 aromatic heterocycles. The fourth-order valence-corrected chi connectivity index (χ4v) is 5.11. The Morgan fingerprint density at radius 1 is 1.37 bits per heavy atom. The van der Waals surface area contributed by atoms with Crippen LogP contribution in [0, 0.1) is 0 Å². The topological polar surface area (TPSA) is 82.0 Å². The van der Waals surface area contributed by atoms with Gasteiger partial charge < -0.3 is 9.87 Å². The Morgan fingerprint density at radius 3 is 3.00 bits per heavy atom. The van der Waals surface area contributed by atoms with Crippen LogP contribution in [-0.2, 0) is 28.8 Å². The predicted octanol–water partition coefficient (Wildman–Crippen LogP) is 2.72. The van der Waals surface area contributed by atoms with E-state index in [1.54, 1.807) is 0 Å². The molecule has 1 aliphatic carbocycles. The first-order valence-corrected chi connectivity index (χ1v) is 11.8. The second-order valence-electron chi connectivity index (χ2n) is 8.46. The Balaban J connectivity index is 1.64. The first-order valence-electron chi connectivity index (χ1n) is 10.6. The minimum atomic E-state index is -1.91. The summed E-state index contributed by atoms with van der Waals surface area (Å²) in [5.41, 5.74) is 6.53. The van der Waals surface area contributed by atoms with E-state index in [9.17, 15) is 13.6 Å². The molecule has 2 atom stereocenters. The summed E-state index contributed by atoms with van der Waals surface area (Å²) in [6.45, 7) is 8.08. The van der Waals surface area contributed by atoms with E-state index in [0.717, 1.165) is 60.6 Å². The molecule has 1 fully saturated rings. The lowest BCUT2D eigenvalue weighted by Crippen LogP contribution is -2.37. The van der Waals surface area contributed by atoms with Gasteiger partial charge in [0.05, 0.1) is 11.4 Å². The fraction of sp³-hybridized carbons (Fsp3) is 0.478. The van der Waals surface area contributed by atoms with Crippen molar-refractivity contribution in [2.75, 3.05) is 25.4 Å². The van der Waals surface area contributed by atoms with Crippen molar-refractivity contribution in [1.29, 1.82) is 0 Å². The van der Waals surface area contributed by atoms with Crippen molar-refractivity contribution in [1.82, 2.24) is 10.2 Å². The van der Waals surface area contributed by atoms with Crippen molar-refractivity contribution in [3.05, 3.63) is 52.2 Å². The van der Waals surface area contributed by atoms with Gasteiger partial charge >= 0.3 is 0 Å². The smallest absolute Gasteiger partial charge is 0.167 e. The molecule has 3 aliphatic rings. The zero-order valence-corrected chi connectivity index (χ0v) is 18.4. The summed E-state index contributed by atoms with van der Waals surface area (Å²) < 4.78 is 20.4. The molecule has 1 aromatic rings. The third kappa shape index (κ3) is 4.54. The van der Waals surface area contributed by atoms with Gasteiger partial charge in [-0.3, -0.25) is 14.7 Å². The second kappa shape index (κ2) is 9.06.